The van der Waals surface area contributed by atoms with Gasteiger partial charge in [0.1, 0.15) is 18.1 Å². The molecule has 1 aromatic carbocycles. The zero-order valence-corrected chi connectivity index (χ0v) is 14.1. The number of cyclic esters (lactones) is 1. The number of hydrogen-bond donors (Lipinski definition) is 1. The lowest BCUT2D eigenvalue weighted by molar-refractivity contribution is 0.0957. The van der Waals surface area contributed by atoms with E-state index in [1.54, 1.807) is 24.8 Å². The average molecular weight is 338 g/mol. The highest BCUT2D eigenvalue weighted by molar-refractivity contribution is 5.95. The minimum Gasteiger partial charge on any atom is -0.466 e. The summed E-state index contributed by atoms with van der Waals surface area (Å²) in [6, 6.07) is 9.03. The Balaban J connectivity index is 1.56. The summed E-state index contributed by atoms with van der Waals surface area (Å²) < 4.78 is 10.2. The molecule has 6 nitrogen and oxygen atoms in total. The maximum atomic E-state index is 12.0. The van der Waals surface area contributed by atoms with Crippen molar-refractivity contribution in [2.45, 2.75) is 13.8 Å². The predicted molar refractivity (Wildman–Crippen MR) is 92.5 cm³/mol. The molecule has 3 rings (SSSR count). The SMILES string of the molecule is Cc1cc(C(=O)NCC#Cc2ccc(N3CCOC3=O)cc2)c(C)o1. The van der Waals surface area contributed by atoms with Gasteiger partial charge in [0.2, 0.25) is 0 Å². The summed E-state index contributed by atoms with van der Waals surface area (Å²) in [5, 5.41) is 2.74. The van der Waals surface area contributed by atoms with Gasteiger partial charge in [0.25, 0.3) is 5.91 Å². The monoisotopic (exact) mass is 338 g/mol. The van der Waals surface area contributed by atoms with E-state index in [1.165, 1.54) is 0 Å². The molecule has 1 aliphatic rings. The van der Waals surface area contributed by atoms with E-state index in [0.29, 0.717) is 30.2 Å². The maximum Gasteiger partial charge on any atom is 0.414 e. The molecule has 1 saturated heterocycles. The third-order valence-corrected chi connectivity index (χ3v) is 3.80. The molecule has 128 valence electrons. The van der Waals surface area contributed by atoms with Crippen LogP contribution in [0.25, 0.3) is 0 Å². The van der Waals surface area contributed by atoms with Crippen LogP contribution in [0.4, 0.5) is 10.5 Å². The number of benzene rings is 1. The number of anilines is 1. The first-order chi connectivity index (χ1) is 12.0. The van der Waals surface area contributed by atoms with Crippen LogP contribution in [0, 0.1) is 25.7 Å². The summed E-state index contributed by atoms with van der Waals surface area (Å²) in [6.07, 6.45) is -0.327. The lowest BCUT2D eigenvalue weighted by Gasteiger charge is -2.11. The molecule has 0 unspecified atom stereocenters. The molecule has 0 radical (unpaired) electrons. The molecule has 2 amide bonds. The molecule has 0 spiro atoms. The van der Waals surface area contributed by atoms with Gasteiger partial charge in [-0.15, -0.1) is 0 Å². The van der Waals surface area contributed by atoms with Crippen molar-refractivity contribution in [3.8, 4) is 11.8 Å². The molecule has 1 aliphatic heterocycles. The van der Waals surface area contributed by atoms with Gasteiger partial charge in [0.15, 0.2) is 0 Å². The van der Waals surface area contributed by atoms with Crippen LogP contribution in [-0.4, -0.2) is 31.7 Å². The minimum absolute atomic E-state index is 0.202. The first kappa shape index (κ1) is 16.7. The predicted octanol–water partition coefficient (Wildman–Crippen LogP) is 2.63. The fourth-order valence-electron chi connectivity index (χ4n) is 2.57. The van der Waals surface area contributed by atoms with Gasteiger partial charge >= 0.3 is 6.09 Å². The highest BCUT2D eigenvalue weighted by atomic mass is 16.6. The molecule has 2 aromatic rings. The molecular weight excluding hydrogens is 320 g/mol. The van der Waals surface area contributed by atoms with Gasteiger partial charge in [-0.05, 0) is 44.2 Å². The van der Waals surface area contributed by atoms with Crippen molar-refractivity contribution in [2.75, 3.05) is 24.6 Å². The third-order valence-electron chi connectivity index (χ3n) is 3.80. The largest absolute Gasteiger partial charge is 0.466 e. The minimum atomic E-state index is -0.327. The van der Waals surface area contributed by atoms with Crippen LogP contribution < -0.4 is 10.2 Å². The second-order valence-corrected chi connectivity index (χ2v) is 5.62. The number of hydrogen-bond acceptors (Lipinski definition) is 4. The number of amides is 2. The average Bonchev–Trinajstić information content (AvgIpc) is 3.17. The van der Waals surface area contributed by atoms with Crippen molar-refractivity contribution >= 4 is 17.7 Å². The summed E-state index contributed by atoms with van der Waals surface area (Å²) in [5.41, 5.74) is 2.12. The Morgan fingerprint density at radius 1 is 1.28 bits per heavy atom. The Labute approximate surface area is 145 Å². The van der Waals surface area contributed by atoms with Crippen LogP contribution in [-0.2, 0) is 4.74 Å². The highest BCUT2D eigenvalue weighted by Gasteiger charge is 2.23. The lowest BCUT2D eigenvalue weighted by Crippen LogP contribution is -2.23. The standard InChI is InChI=1S/C19H18N2O4/c1-13-12-17(14(2)25-13)18(22)20-9-3-4-15-5-7-16(8-6-15)21-10-11-24-19(21)23/h5-8,12H,9-11H2,1-2H3,(H,20,22). The second kappa shape index (κ2) is 7.14. The van der Waals surface area contributed by atoms with E-state index in [0.717, 1.165) is 11.3 Å². The van der Waals surface area contributed by atoms with Crippen molar-refractivity contribution < 1.29 is 18.7 Å². The van der Waals surface area contributed by atoms with Crippen molar-refractivity contribution in [2.24, 2.45) is 0 Å². The zero-order valence-electron chi connectivity index (χ0n) is 14.1. The summed E-state index contributed by atoms with van der Waals surface area (Å²) in [5.74, 6) is 6.98. The first-order valence-corrected chi connectivity index (χ1v) is 7.93. The van der Waals surface area contributed by atoms with Crippen LogP contribution in [0.5, 0.6) is 0 Å². The molecular formula is C19H18N2O4. The second-order valence-electron chi connectivity index (χ2n) is 5.62. The number of rotatable bonds is 3. The number of carbonyl (C=O) groups is 2. The summed E-state index contributed by atoms with van der Waals surface area (Å²) in [7, 11) is 0. The van der Waals surface area contributed by atoms with E-state index in [-0.39, 0.29) is 18.5 Å². The van der Waals surface area contributed by atoms with E-state index >= 15 is 0 Å². The van der Waals surface area contributed by atoms with Crippen molar-refractivity contribution in [1.82, 2.24) is 5.32 Å². The molecule has 0 saturated carbocycles. The van der Waals surface area contributed by atoms with E-state index in [4.69, 9.17) is 9.15 Å². The van der Waals surface area contributed by atoms with Crippen LogP contribution in [0.1, 0.15) is 27.4 Å². The number of carbonyl (C=O) groups excluding carboxylic acids is 2. The van der Waals surface area contributed by atoms with Gasteiger partial charge in [-0.3, -0.25) is 9.69 Å². The third kappa shape index (κ3) is 3.83. The van der Waals surface area contributed by atoms with Crippen molar-refractivity contribution in [3.63, 3.8) is 0 Å². The molecule has 0 atom stereocenters. The highest BCUT2D eigenvalue weighted by Crippen LogP contribution is 2.18. The van der Waals surface area contributed by atoms with Crippen LogP contribution in [0.15, 0.2) is 34.7 Å². The summed E-state index contributed by atoms with van der Waals surface area (Å²) >= 11 is 0. The van der Waals surface area contributed by atoms with Gasteiger partial charge in [0.05, 0.1) is 18.7 Å². The smallest absolute Gasteiger partial charge is 0.414 e. The van der Waals surface area contributed by atoms with Gasteiger partial charge < -0.3 is 14.5 Å². The van der Waals surface area contributed by atoms with E-state index < -0.39 is 0 Å². The zero-order chi connectivity index (χ0) is 17.8. The fraction of sp³-hybridized carbons (Fsp3) is 0.263. The van der Waals surface area contributed by atoms with E-state index in [1.807, 2.05) is 24.3 Å². The Morgan fingerprint density at radius 3 is 2.64 bits per heavy atom. The Bertz CT molecular complexity index is 856. The van der Waals surface area contributed by atoms with Crippen molar-refractivity contribution in [1.29, 1.82) is 0 Å². The van der Waals surface area contributed by atoms with Gasteiger partial charge in [-0.25, -0.2) is 4.79 Å². The molecule has 2 heterocycles. The van der Waals surface area contributed by atoms with Crippen LogP contribution in [0.2, 0.25) is 0 Å². The first-order valence-electron chi connectivity index (χ1n) is 7.93. The van der Waals surface area contributed by atoms with Gasteiger partial charge in [0, 0.05) is 11.3 Å². The topological polar surface area (TPSA) is 71.8 Å². The lowest BCUT2D eigenvalue weighted by atomic mass is 10.2. The molecule has 1 fully saturated rings. The molecule has 0 aliphatic carbocycles. The van der Waals surface area contributed by atoms with Gasteiger partial charge in [-0.2, -0.15) is 0 Å². The molecule has 1 N–H and O–H groups in total. The Kier molecular flexibility index (Phi) is 4.75. The van der Waals surface area contributed by atoms with E-state index in [9.17, 15) is 9.59 Å². The molecule has 0 bridgehead atoms. The van der Waals surface area contributed by atoms with Gasteiger partial charge in [-0.1, -0.05) is 11.8 Å². The number of aryl methyl sites for hydroxylation is 2. The van der Waals surface area contributed by atoms with E-state index in [2.05, 4.69) is 17.2 Å². The fourth-order valence-corrected chi connectivity index (χ4v) is 2.57. The van der Waals surface area contributed by atoms with Crippen molar-refractivity contribution in [3.05, 3.63) is 53.0 Å². The maximum absolute atomic E-state index is 12.0. The normalized spacial score (nSPS) is 13.2. The summed E-state index contributed by atoms with van der Waals surface area (Å²) in [6.45, 7) is 4.77. The van der Waals surface area contributed by atoms with Crippen LogP contribution in [0.3, 0.4) is 0 Å². The number of furan rings is 1. The molecule has 1 aromatic heterocycles. The number of ether oxygens (including phenoxy) is 1. The summed E-state index contributed by atoms with van der Waals surface area (Å²) in [4.78, 5) is 25.1. The van der Waals surface area contributed by atoms with Crippen LogP contribution >= 0.6 is 0 Å². The number of nitrogens with zero attached hydrogens (tertiary/aromatic N) is 1. The quantitative estimate of drug-likeness (QED) is 0.873. The molecule has 25 heavy (non-hydrogen) atoms. The molecule has 6 heteroatoms. The number of nitrogens with one attached hydrogen (secondary N) is 1. The Morgan fingerprint density at radius 2 is 2.04 bits per heavy atom. The Hall–Kier alpha value is -3.20.